The molecule has 0 aromatic heterocycles. The summed E-state index contributed by atoms with van der Waals surface area (Å²) < 4.78 is 29.2. The second kappa shape index (κ2) is 17.9. The molecule has 3 fully saturated rings. The fraction of sp³-hybridized carbons (Fsp3) is 1.00. The molecule has 0 aliphatic heterocycles. The zero-order valence-electron chi connectivity index (χ0n) is 19.0. The maximum atomic E-state index is 11.1. The lowest BCUT2D eigenvalue weighted by Gasteiger charge is -2.20. The smallest absolute Gasteiger partial charge is 0.0415 e. The van der Waals surface area contributed by atoms with Gasteiger partial charge in [0.15, 0.2) is 0 Å². The lowest BCUT2D eigenvalue weighted by molar-refractivity contribution is 0.388. The minimum Gasteiger partial charge on any atom is -0.260 e. The molecule has 2 unspecified atom stereocenters. The quantitative estimate of drug-likeness (QED) is 0.408. The molecular weight excluding hydrogens is 434 g/mol. The van der Waals surface area contributed by atoms with Crippen LogP contribution >= 0.6 is 11.6 Å². The third-order valence-electron chi connectivity index (χ3n) is 6.42. The van der Waals surface area contributed by atoms with Crippen molar-refractivity contribution in [2.75, 3.05) is 29.9 Å². The molecule has 0 aromatic rings. The Morgan fingerprint density at radius 3 is 1.47 bits per heavy atom. The number of nitrogens with one attached hydrogen (secondary N) is 1. The van der Waals surface area contributed by atoms with Crippen molar-refractivity contribution in [1.82, 2.24) is 0 Å². The molecule has 0 saturated heterocycles. The van der Waals surface area contributed by atoms with Crippen molar-refractivity contribution in [1.29, 1.82) is 4.78 Å². The van der Waals surface area contributed by atoms with Crippen LogP contribution in [0.2, 0.25) is 0 Å². The molecule has 0 amide bonds. The summed E-state index contributed by atoms with van der Waals surface area (Å²) in [5.41, 5.74) is 0. The van der Waals surface area contributed by atoms with Gasteiger partial charge in [0.2, 0.25) is 0 Å². The maximum absolute atomic E-state index is 11.1. The lowest BCUT2D eigenvalue weighted by atomic mass is 9.91. The topological polar surface area (TPSA) is 58.0 Å². The van der Waals surface area contributed by atoms with Crippen molar-refractivity contribution in [3.05, 3.63) is 0 Å². The first-order valence-corrected chi connectivity index (χ1v) is 16.3. The number of halogens is 1. The van der Waals surface area contributed by atoms with E-state index in [1.807, 2.05) is 6.26 Å². The number of hydrogen-bond donors (Lipinski definition) is 1. The molecule has 30 heavy (non-hydrogen) atoms. The zero-order chi connectivity index (χ0) is 21.5. The molecule has 0 bridgehead atoms. The molecule has 3 aliphatic carbocycles. The zero-order valence-corrected chi connectivity index (χ0v) is 21.4. The van der Waals surface area contributed by atoms with Gasteiger partial charge in [0, 0.05) is 50.4 Å². The van der Waals surface area contributed by atoms with Crippen LogP contribution in [0.15, 0.2) is 0 Å². The summed E-state index contributed by atoms with van der Waals surface area (Å²) in [6, 6.07) is 0. The molecular formula is C24H50ClNO2S2. The Labute approximate surface area is 196 Å². The van der Waals surface area contributed by atoms with E-state index in [9.17, 15) is 8.42 Å². The van der Waals surface area contributed by atoms with Gasteiger partial charge in [-0.2, -0.15) is 0 Å². The van der Waals surface area contributed by atoms with Gasteiger partial charge in [-0.05, 0) is 56.3 Å². The van der Waals surface area contributed by atoms with Crippen LogP contribution in [-0.2, 0) is 20.5 Å². The summed E-state index contributed by atoms with van der Waals surface area (Å²) in [6.45, 7) is 0. The molecule has 0 radical (unpaired) electrons. The largest absolute Gasteiger partial charge is 0.260 e. The molecule has 3 rings (SSSR count). The van der Waals surface area contributed by atoms with Crippen LogP contribution in [0, 0.1) is 22.5 Å². The van der Waals surface area contributed by atoms with Crippen LogP contribution in [0.4, 0.5) is 0 Å². The van der Waals surface area contributed by atoms with Gasteiger partial charge in [-0.25, -0.2) is 0 Å². The van der Waals surface area contributed by atoms with Crippen molar-refractivity contribution in [2.45, 2.75) is 104 Å². The van der Waals surface area contributed by atoms with Crippen LogP contribution in [0.1, 0.15) is 104 Å². The van der Waals surface area contributed by atoms with E-state index >= 15 is 0 Å². The lowest BCUT2D eigenvalue weighted by Crippen LogP contribution is -2.16. The summed E-state index contributed by atoms with van der Waals surface area (Å²) >= 11 is 5.68. The molecule has 0 aromatic carbocycles. The van der Waals surface area contributed by atoms with Crippen LogP contribution in [0.5, 0.6) is 0 Å². The molecule has 3 saturated carbocycles. The highest BCUT2D eigenvalue weighted by molar-refractivity contribution is 7.91. The van der Waals surface area contributed by atoms with Crippen molar-refractivity contribution < 1.29 is 8.42 Å². The third kappa shape index (κ3) is 17.0. The molecule has 3 aliphatic rings. The fourth-order valence-corrected chi connectivity index (χ4v) is 7.37. The predicted octanol–water partition coefficient (Wildman–Crippen LogP) is 7.63. The summed E-state index contributed by atoms with van der Waals surface area (Å²) in [6.07, 6.45) is 23.4. The van der Waals surface area contributed by atoms with E-state index in [2.05, 4.69) is 0 Å². The molecule has 6 heteroatoms. The van der Waals surface area contributed by atoms with Gasteiger partial charge < -0.3 is 0 Å². The van der Waals surface area contributed by atoms with Crippen molar-refractivity contribution in [3.63, 3.8) is 0 Å². The number of alkyl halides is 1. The summed E-state index contributed by atoms with van der Waals surface area (Å²) in [4.78, 5) is 0. The van der Waals surface area contributed by atoms with E-state index in [-0.39, 0.29) is 7.43 Å². The Kier molecular flexibility index (Phi) is 18.1. The highest BCUT2D eigenvalue weighted by Gasteiger charge is 2.16. The Hall–Kier alpha value is 0.390. The average Bonchev–Trinajstić information content (AvgIpc) is 2.69. The molecule has 0 spiro atoms. The standard InChI is InChI=1S/C8H17NOS.C8H16OS.C7H13Cl.CH4/c1-11(9,10)7-8-5-3-2-4-6-8;1-10(9)7-8-5-3-2-4-6-8;8-6-7-4-2-1-3-5-7;/h8-9H,2-7H2,1H3;8H,2-7H2,1H3;7H,1-6H2;1H4. The Balaban J connectivity index is 0.000000418. The van der Waals surface area contributed by atoms with Crippen molar-refractivity contribution in [2.24, 2.45) is 17.8 Å². The van der Waals surface area contributed by atoms with E-state index in [0.29, 0.717) is 11.7 Å². The summed E-state index contributed by atoms with van der Waals surface area (Å²) in [5.74, 6) is 4.68. The third-order valence-corrected chi connectivity index (χ3v) is 8.90. The van der Waals surface area contributed by atoms with E-state index in [1.165, 1.54) is 96.3 Å². The van der Waals surface area contributed by atoms with Gasteiger partial charge in [0.25, 0.3) is 0 Å². The van der Waals surface area contributed by atoms with Gasteiger partial charge in [-0.3, -0.25) is 13.2 Å². The fourth-order valence-electron chi connectivity index (χ4n) is 4.83. The second-order valence-electron chi connectivity index (χ2n) is 9.58. The Morgan fingerprint density at radius 1 is 0.800 bits per heavy atom. The van der Waals surface area contributed by atoms with Gasteiger partial charge in [-0.15, -0.1) is 11.6 Å². The monoisotopic (exact) mass is 483 g/mol. The van der Waals surface area contributed by atoms with E-state index < -0.39 is 20.5 Å². The Morgan fingerprint density at radius 2 is 1.17 bits per heavy atom. The highest BCUT2D eigenvalue weighted by atomic mass is 35.5. The van der Waals surface area contributed by atoms with Crippen LogP contribution in [0.3, 0.4) is 0 Å². The SMILES string of the molecule is C.CS(=N)(=O)CC1CCCCC1.CS(=O)CC1CCCCC1.ClCC1CCCCC1. The molecule has 1 N–H and O–H groups in total. The second-order valence-corrected chi connectivity index (χ2v) is 13.7. The van der Waals surface area contributed by atoms with E-state index in [1.54, 1.807) is 6.26 Å². The summed E-state index contributed by atoms with van der Waals surface area (Å²) in [5, 5.41) is 0. The molecule has 3 nitrogen and oxygen atoms in total. The maximum Gasteiger partial charge on any atom is 0.0415 e. The van der Waals surface area contributed by atoms with Gasteiger partial charge in [0.05, 0.1) is 0 Å². The molecule has 0 heterocycles. The van der Waals surface area contributed by atoms with Gasteiger partial charge >= 0.3 is 0 Å². The van der Waals surface area contributed by atoms with E-state index in [4.69, 9.17) is 16.4 Å². The van der Waals surface area contributed by atoms with Crippen LogP contribution in [0.25, 0.3) is 0 Å². The first-order valence-electron chi connectivity index (χ1n) is 11.9. The molecule has 182 valence electrons. The van der Waals surface area contributed by atoms with Crippen molar-refractivity contribution >= 4 is 32.1 Å². The van der Waals surface area contributed by atoms with Crippen LogP contribution < -0.4 is 0 Å². The Bertz CT molecular complexity index is 521. The average molecular weight is 484 g/mol. The number of rotatable bonds is 5. The normalized spacial score (nSPS) is 24.1. The highest BCUT2D eigenvalue weighted by Crippen LogP contribution is 2.25. The minimum absolute atomic E-state index is 0. The first-order chi connectivity index (χ1) is 13.8. The van der Waals surface area contributed by atoms with Gasteiger partial charge in [0.1, 0.15) is 0 Å². The van der Waals surface area contributed by atoms with Crippen LogP contribution in [-0.4, -0.2) is 38.3 Å². The van der Waals surface area contributed by atoms with Crippen molar-refractivity contribution in [3.8, 4) is 0 Å². The number of hydrogen-bond acceptors (Lipinski definition) is 3. The molecule has 2 atom stereocenters. The summed E-state index contributed by atoms with van der Waals surface area (Å²) in [7, 11) is -2.79. The van der Waals surface area contributed by atoms with Gasteiger partial charge in [-0.1, -0.05) is 65.2 Å². The first kappa shape index (κ1) is 30.4. The minimum atomic E-state index is -2.22. The van der Waals surface area contributed by atoms with E-state index in [0.717, 1.165) is 23.5 Å². The predicted molar refractivity (Wildman–Crippen MR) is 138 cm³/mol.